The number of aliphatic hydroxyl groups is 1. The van der Waals surface area contributed by atoms with Gasteiger partial charge in [-0.25, -0.2) is 0 Å². The first-order chi connectivity index (χ1) is 9.15. The minimum atomic E-state index is -0.0821. The van der Waals surface area contributed by atoms with Gasteiger partial charge in [0, 0.05) is 19.2 Å². The average Bonchev–Trinajstić information content (AvgIpc) is 2.80. The molecule has 0 aliphatic carbocycles. The molecule has 3 nitrogen and oxygen atoms in total. The van der Waals surface area contributed by atoms with Gasteiger partial charge in [-0.2, -0.15) is 0 Å². The Kier molecular flexibility index (Phi) is 8.02. The van der Waals surface area contributed by atoms with Gasteiger partial charge in [0.05, 0.1) is 3.79 Å². The monoisotopic (exact) mass is 345 g/mol. The van der Waals surface area contributed by atoms with Gasteiger partial charge in [0.15, 0.2) is 0 Å². The third-order valence-electron chi connectivity index (χ3n) is 2.81. The third-order valence-corrected chi connectivity index (χ3v) is 4.34. The summed E-state index contributed by atoms with van der Waals surface area (Å²) >= 11 is 4.98. The zero-order valence-electron chi connectivity index (χ0n) is 11.1. The summed E-state index contributed by atoms with van der Waals surface area (Å²) in [5.74, 6) is 0.281. The number of amides is 1. The van der Waals surface area contributed by atoms with Crippen molar-refractivity contribution in [3.05, 3.63) is 26.9 Å². The predicted octanol–water partition coefficient (Wildman–Crippen LogP) is 3.44. The second kappa shape index (κ2) is 9.28. The number of hydrogen-bond acceptors (Lipinski definition) is 3. The molecule has 106 valence electrons. The Morgan fingerprint density at radius 1 is 1.58 bits per heavy atom. The molecular weight excluding hydrogens is 326 g/mol. The number of carbonyl (C=O) groups excluding carboxylic acids is 1. The van der Waals surface area contributed by atoms with Gasteiger partial charge < -0.3 is 10.4 Å². The first-order valence-electron chi connectivity index (χ1n) is 6.46. The molecule has 1 rings (SSSR count). The van der Waals surface area contributed by atoms with Gasteiger partial charge in [-0.1, -0.05) is 13.3 Å². The van der Waals surface area contributed by atoms with Crippen LogP contribution in [-0.2, 0) is 4.79 Å². The lowest BCUT2D eigenvalue weighted by atomic mass is 10.0. The van der Waals surface area contributed by atoms with Crippen LogP contribution < -0.4 is 5.32 Å². The third kappa shape index (κ3) is 6.89. The molecule has 0 saturated heterocycles. The molecule has 0 bridgehead atoms. The van der Waals surface area contributed by atoms with E-state index in [1.165, 1.54) is 0 Å². The first-order valence-corrected chi connectivity index (χ1v) is 8.13. The van der Waals surface area contributed by atoms with E-state index in [0.717, 1.165) is 28.6 Å². The second-order valence-electron chi connectivity index (χ2n) is 4.43. The first kappa shape index (κ1) is 16.4. The number of hydrogen-bond donors (Lipinski definition) is 2. The molecule has 2 N–H and O–H groups in total. The van der Waals surface area contributed by atoms with Crippen molar-refractivity contribution in [2.75, 3.05) is 13.2 Å². The predicted molar refractivity (Wildman–Crippen MR) is 84.2 cm³/mol. The van der Waals surface area contributed by atoms with E-state index in [2.05, 4.69) is 28.2 Å². The smallest absolute Gasteiger partial charge is 0.244 e. The van der Waals surface area contributed by atoms with Gasteiger partial charge in [-0.15, -0.1) is 11.3 Å². The van der Waals surface area contributed by atoms with E-state index in [4.69, 9.17) is 5.11 Å². The van der Waals surface area contributed by atoms with E-state index in [-0.39, 0.29) is 12.5 Å². The van der Waals surface area contributed by atoms with Crippen LogP contribution in [-0.4, -0.2) is 24.2 Å². The summed E-state index contributed by atoms with van der Waals surface area (Å²) < 4.78 is 1.05. The summed E-state index contributed by atoms with van der Waals surface area (Å²) in [6.07, 6.45) is 6.20. The van der Waals surface area contributed by atoms with Crippen molar-refractivity contribution in [2.45, 2.75) is 26.2 Å². The fraction of sp³-hybridized carbons (Fsp3) is 0.500. The Balaban J connectivity index is 2.35. The fourth-order valence-electron chi connectivity index (χ4n) is 1.83. The molecule has 0 fully saturated rings. The molecule has 0 radical (unpaired) electrons. The van der Waals surface area contributed by atoms with Crippen LogP contribution in [0, 0.1) is 5.92 Å². The van der Waals surface area contributed by atoms with Crippen molar-refractivity contribution in [2.24, 2.45) is 5.92 Å². The van der Waals surface area contributed by atoms with E-state index in [1.54, 1.807) is 23.5 Å². The molecule has 1 amide bonds. The van der Waals surface area contributed by atoms with E-state index in [1.807, 2.05) is 11.4 Å². The molecule has 0 spiro atoms. The van der Waals surface area contributed by atoms with Crippen molar-refractivity contribution in [1.29, 1.82) is 0 Å². The Morgan fingerprint density at radius 2 is 2.37 bits per heavy atom. The van der Waals surface area contributed by atoms with Gasteiger partial charge in [0.25, 0.3) is 0 Å². The molecule has 19 heavy (non-hydrogen) atoms. The van der Waals surface area contributed by atoms with Crippen molar-refractivity contribution >= 4 is 39.2 Å². The van der Waals surface area contributed by atoms with Gasteiger partial charge in [0.1, 0.15) is 0 Å². The van der Waals surface area contributed by atoms with Crippen LogP contribution in [0.2, 0.25) is 0 Å². The van der Waals surface area contributed by atoms with Crippen LogP contribution in [0.4, 0.5) is 0 Å². The van der Waals surface area contributed by atoms with Crippen LogP contribution in [0.5, 0.6) is 0 Å². The summed E-state index contributed by atoms with van der Waals surface area (Å²) in [7, 11) is 0. The minimum Gasteiger partial charge on any atom is -0.396 e. The quantitative estimate of drug-likeness (QED) is 0.709. The summed E-state index contributed by atoms with van der Waals surface area (Å²) in [5, 5.41) is 13.8. The lowest BCUT2D eigenvalue weighted by Crippen LogP contribution is -2.28. The molecule has 1 atom stereocenters. The standard InChI is InChI=1S/C14H20BrNO2S/c1-2-3-11(6-7-17)9-16-14(18)5-4-12-8-13(15)19-10-12/h4-5,8,10-11,17H,2-3,6-7,9H2,1H3,(H,16,18)/b5-4+. The highest BCUT2D eigenvalue weighted by Gasteiger charge is 2.07. The number of carbonyl (C=O) groups is 1. The Hall–Kier alpha value is -0.650. The molecule has 0 aromatic carbocycles. The maximum Gasteiger partial charge on any atom is 0.244 e. The van der Waals surface area contributed by atoms with Crippen molar-refractivity contribution < 1.29 is 9.90 Å². The molecule has 1 aromatic heterocycles. The summed E-state index contributed by atoms with van der Waals surface area (Å²) in [4.78, 5) is 11.7. The molecule has 1 heterocycles. The lowest BCUT2D eigenvalue weighted by Gasteiger charge is -2.14. The zero-order chi connectivity index (χ0) is 14.1. The highest BCUT2D eigenvalue weighted by atomic mass is 79.9. The maximum absolute atomic E-state index is 11.7. The number of aliphatic hydroxyl groups excluding tert-OH is 1. The SMILES string of the molecule is CCCC(CCO)CNC(=O)/C=C/c1csc(Br)c1. The zero-order valence-corrected chi connectivity index (χ0v) is 13.5. The van der Waals surface area contributed by atoms with Gasteiger partial charge in [-0.05, 0) is 57.8 Å². The number of nitrogens with one attached hydrogen (secondary N) is 1. The van der Waals surface area contributed by atoms with Crippen LogP contribution in [0.1, 0.15) is 31.7 Å². The number of rotatable bonds is 8. The molecule has 5 heteroatoms. The Morgan fingerprint density at radius 3 is 2.95 bits per heavy atom. The van der Waals surface area contributed by atoms with Gasteiger partial charge in [-0.3, -0.25) is 4.79 Å². The second-order valence-corrected chi connectivity index (χ2v) is 6.72. The summed E-state index contributed by atoms with van der Waals surface area (Å²) in [6, 6.07) is 1.97. The Bertz CT molecular complexity index is 411. The highest BCUT2D eigenvalue weighted by Crippen LogP contribution is 2.21. The van der Waals surface area contributed by atoms with Crippen LogP contribution >= 0.6 is 27.3 Å². The Labute approximate surface area is 126 Å². The summed E-state index contributed by atoms with van der Waals surface area (Å²) in [6.45, 7) is 2.92. The molecule has 1 aromatic rings. The summed E-state index contributed by atoms with van der Waals surface area (Å²) in [5.41, 5.74) is 1.02. The minimum absolute atomic E-state index is 0.0821. The number of thiophene rings is 1. The molecule has 1 unspecified atom stereocenters. The average molecular weight is 346 g/mol. The van der Waals surface area contributed by atoms with Crippen LogP contribution in [0.25, 0.3) is 6.08 Å². The van der Waals surface area contributed by atoms with Crippen molar-refractivity contribution in [3.63, 3.8) is 0 Å². The highest BCUT2D eigenvalue weighted by molar-refractivity contribution is 9.11. The van der Waals surface area contributed by atoms with Crippen molar-refractivity contribution in [1.82, 2.24) is 5.32 Å². The topological polar surface area (TPSA) is 49.3 Å². The largest absolute Gasteiger partial charge is 0.396 e. The van der Waals surface area contributed by atoms with Gasteiger partial charge >= 0.3 is 0 Å². The van der Waals surface area contributed by atoms with Crippen LogP contribution in [0.3, 0.4) is 0 Å². The molecule has 0 aliphatic heterocycles. The van der Waals surface area contributed by atoms with Crippen LogP contribution in [0.15, 0.2) is 21.3 Å². The molecule has 0 aliphatic rings. The number of halogens is 1. The van der Waals surface area contributed by atoms with Crippen molar-refractivity contribution in [3.8, 4) is 0 Å². The molecular formula is C14H20BrNO2S. The normalized spacial score (nSPS) is 12.8. The van der Waals surface area contributed by atoms with E-state index in [9.17, 15) is 4.79 Å². The lowest BCUT2D eigenvalue weighted by molar-refractivity contribution is -0.116. The fourth-order valence-corrected chi connectivity index (χ4v) is 2.97. The van der Waals surface area contributed by atoms with E-state index in [0.29, 0.717) is 12.5 Å². The molecule has 0 saturated carbocycles. The maximum atomic E-state index is 11.7. The van der Waals surface area contributed by atoms with E-state index >= 15 is 0 Å². The van der Waals surface area contributed by atoms with E-state index < -0.39 is 0 Å². The van der Waals surface area contributed by atoms with Gasteiger partial charge in [0.2, 0.25) is 5.91 Å².